The van der Waals surface area contributed by atoms with Crippen molar-refractivity contribution in [2.45, 2.75) is 31.8 Å². The zero-order valence-corrected chi connectivity index (χ0v) is 13.9. The molecule has 0 aromatic heterocycles. The molecule has 0 bridgehead atoms. The van der Waals surface area contributed by atoms with E-state index in [1.807, 2.05) is 59.5 Å². The Morgan fingerprint density at radius 1 is 1.04 bits per heavy atom. The number of ketones is 1. The van der Waals surface area contributed by atoms with Crippen molar-refractivity contribution in [1.82, 2.24) is 4.90 Å². The van der Waals surface area contributed by atoms with Crippen LogP contribution in [-0.4, -0.2) is 21.6 Å². The predicted molar refractivity (Wildman–Crippen MR) is 96.5 cm³/mol. The molecule has 2 aromatic rings. The van der Waals surface area contributed by atoms with Gasteiger partial charge in [0.05, 0.1) is 11.6 Å². The van der Waals surface area contributed by atoms with Crippen LogP contribution in [0.2, 0.25) is 0 Å². The minimum absolute atomic E-state index is 0.00341. The number of amidine groups is 1. The molecule has 4 nitrogen and oxygen atoms in total. The summed E-state index contributed by atoms with van der Waals surface area (Å²) in [7, 11) is 0. The van der Waals surface area contributed by atoms with E-state index in [4.69, 9.17) is 5.41 Å². The fourth-order valence-corrected chi connectivity index (χ4v) is 3.82. The summed E-state index contributed by atoms with van der Waals surface area (Å²) in [5, 5.41) is 19.1. The van der Waals surface area contributed by atoms with Crippen molar-refractivity contribution in [2.75, 3.05) is 0 Å². The Labute approximate surface area is 146 Å². The second kappa shape index (κ2) is 6.20. The van der Waals surface area contributed by atoms with Crippen LogP contribution in [0.5, 0.6) is 0 Å². The minimum Gasteiger partial charge on any atom is -0.512 e. The standard InChI is InChI=1S/C21H20N2O2/c22-21-16-10-5-4-9-15(16)20(19-17(24)11-6-12-18(19)25)23(21)13-14-7-2-1-3-8-14/h1-5,7-10,20,22,24H,6,11-13H2. The van der Waals surface area contributed by atoms with Gasteiger partial charge in [-0.2, -0.15) is 0 Å². The van der Waals surface area contributed by atoms with Gasteiger partial charge in [-0.1, -0.05) is 54.6 Å². The van der Waals surface area contributed by atoms with Gasteiger partial charge in [0.1, 0.15) is 11.6 Å². The zero-order chi connectivity index (χ0) is 17.4. The van der Waals surface area contributed by atoms with Gasteiger partial charge in [-0.3, -0.25) is 10.2 Å². The van der Waals surface area contributed by atoms with Crippen LogP contribution in [0.3, 0.4) is 0 Å². The molecule has 0 saturated carbocycles. The first kappa shape index (κ1) is 15.6. The number of fused-ring (bicyclic) bond motifs is 1. The maximum absolute atomic E-state index is 12.6. The second-order valence-corrected chi connectivity index (χ2v) is 6.59. The van der Waals surface area contributed by atoms with E-state index in [0.29, 0.717) is 37.2 Å². The van der Waals surface area contributed by atoms with E-state index < -0.39 is 0 Å². The van der Waals surface area contributed by atoms with Crippen LogP contribution in [0.15, 0.2) is 65.9 Å². The summed E-state index contributed by atoms with van der Waals surface area (Å²) in [6.45, 7) is 0.531. The van der Waals surface area contributed by atoms with Gasteiger partial charge in [0.15, 0.2) is 5.78 Å². The maximum atomic E-state index is 12.6. The van der Waals surface area contributed by atoms with E-state index in [2.05, 4.69) is 0 Å². The number of carbonyl (C=O) groups excluding carboxylic acids is 1. The lowest BCUT2D eigenvalue weighted by atomic mass is 9.87. The molecule has 1 unspecified atom stereocenters. The Hall–Kier alpha value is -2.88. The molecule has 1 atom stereocenters. The number of nitrogens with zero attached hydrogens (tertiary/aromatic N) is 1. The molecule has 4 rings (SSSR count). The third kappa shape index (κ3) is 2.64. The lowest BCUT2D eigenvalue weighted by Crippen LogP contribution is -2.32. The number of aliphatic hydroxyl groups excluding tert-OH is 1. The van der Waals surface area contributed by atoms with Crippen molar-refractivity contribution in [1.29, 1.82) is 5.41 Å². The summed E-state index contributed by atoms with van der Waals surface area (Å²) < 4.78 is 0. The van der Waals surface area contributed by atoms with Crippen LogP contribution in [-0.2, 0) is 11.3 Å². The molecule has 0 spiro atoms. The predicted octanol–water partition coefficient (Wildman–Crippen LogP) is 4.13. The van der Waals surface area contributed by atoms with E-state index in [0.717, 1.165) is 16.7 Å². The first-order valence-electron chi connectivity index (χ1n) is 8.60. The summed E-state index contributed by atoms with van der Waals surface area (Å²) in [5.74, 6) is 0.586. The number of Topliss-reactive ketones (excluding diaryl/α,β-unsaturated/α-hetero) is 1. The molecule has 0 radical (unpaired) electrons. The number of hydrogen-bond donors (Lipinski definition) is 2. The summed E-state index contributed by atoms with van der Waals surface area (Å²) in [6, 6.07) is 17.3. The molecule has 2 aromatic carbocycles. The van der Waals surface area contributed by atoms with Gasteiger partial charge in [0.2, 0.25) is 0 Å². The number of benzene rings is 2. The lowest BCUT2D eigenvalue weighted by molar-refractivity contribution is -0.117. The molecule has 25 heavy (non-hydrogen) atoms. The number of allylic oxidation sites excluding steroid dienone is 1. The van der Waals surface area contributed by atoms with Crippen LogP contribution in [0, 0.1) is 5.41 Å². The SMILES string of the molecule is N=C1c2ccccc2C(C2=C(O)CCCC2=O)N1Cc1ccccc1. The number of carbonyl (C=O) groups is 1. The first-order chi connectivity index (χ1) is 12.2. The lowest BCUT2D eigenvalue weighted by Gasteiger charge is -2.30. The normalized spacial score (nSPS) is 20.2. The zero-order valence-electron chi connectivity index (χ0n) is 13.9. The van der Waals surface area contributed by atoms with E-state index in [9.17, 15) is 9.90 Å². The van der Waals surface area contributed by atoms with Crippen LogP contribution in [0.1, 0.15) is 42.0 Å². The largest absolute Gasteiger partial charge is 0.512 e. The fourth-order valence-electron chi connectivity index (χ4n) is 3.82. The Morgan fingerprint density at radius 3 is 2.52 bits per heavy atom. The molecule has 1 aliphatic carbocycles. The number of aliphatic hydroxyl groups is 1. The molecule has 4 heteroatoms. The average Bonchev–Trinajstić information content (AvgIpc) is 2.89. The van der Waals surface area contributed by atoms with Crippen molar-refractivity contribution in [2.24, 2.45) is 0 Å². The monoisotopic (exact) mass is 332 g/mol. The van der Waals surface area contributed by atoms with Crippen molar-refractivity contribution >= 4 is 11.6 Å². The molecule has 1 heterocycles. The summed E-state index contributed by atoms with van der Waals surface area (Å²) >= 11 is 0. The average molecular weight is 332 g/mol. The highest BCUT2D eigenvalue weighted by atomic mass is 16.3. The second-order valence-electron chi connectivity index (χ2n) is 6.59. The van der Waals surface area contributed by atoms with Crippen molar-refractivity contribution in [3.63, 3.8) is 0 Å². The van der Waals surface area contributed by atoms with Crippen LogP contribution in [0.25, 0.3) is 0 Å². The third-order valence-electron chi connectivity index (χ3n) is 5.01. The van der Waals surface area contributed by atoms with Crippen molar-refractivity contribution < 1.29 is 9.90 Å². The van der Waals surface area contributed by atoms with Gasteiger partial charge in [-0.15, -0.1) is 0 Å². The van der Waals surface area contributed by atoms with Crippen LogP contribution in [0.4, 0.5) is 0 Å². The van der Waals surface area contributed by atoms with Crippen molar-refractivity contribution in [3.8, 4) is 0 Å². The quantitative estimate of drug-likeness (QED) is 0.888. The highest BCUT2D eigenvalue weighted by Gasteiger charge is 2.40. The Morgan fingerprint density at radius 2 is 1.76 bits per heavy atom. The van der Waals surface area contributed by atoms with E-state index in [1.54, 1.807) is 0 Å². The molecule has 1 aliphatic heterocycles. The van der Waals surface area contributed by atoms with E-state index in [1.165, 1.54) is 0 Å². The van der Waals surface area contributed by atoms with Crippen LogP contribution < -0.4 is 0 Å². The molecule has 2 aliphatic rings. The summed E-state index contributed by atoms with van der Waals surface area (Å²) in [6.07, 6.45) is 1.69. The summed E-state index contributed by atoms with van der Waals surface area (Å²) in [4.78, 5) is 14.5. The highest BCUT2D eigenvalue weighted by molar-refractivity contribution is 6.05. The van der Waals surface area contributed by atoms with E-state index >= 15 is 0 Å². The van der Waals surface area contributed by atoms with E-state index in [-0.39, 0.29) is 17.6 Å². The molecule has 0 saturated heterocycles. The maximum Gasteiger partial charge on any atom is 0.164 e. The van der Waals surface area contributed by atoms with Gasteiger partial charge in [0.25, 0.3) is 0 Å². The topological polar surface area (TPSA) is 64.4 Å². The highest BCUT2D eigenvalue weighted by Crippen LogP contribution is 2.42. The molecule has 0 fully saturated rings. The smallest absolute Gasteiger partial charge is 0.164 e. The molecular formula is C21H20N2O2. The number of rotatable bonds is 3. The minimum atomic E-state index is -0.378. The Balaban J connectivity index is 1.82. The van der Waals surface area contributed by atoms with Gasteiger partial charge in [-0.25, -0.2) is 0 Å². The van der Waals surface area contributed by atoms with Crippen LogP contribution >= 0.6 is 0 Å². The Bertz CT molecular complexity index is 870. The molecule has 0 amide bonds. The van der Waals surface area contributed by atoms with Gasteiger partial charge < -0.3 is 10.0 Å². The first-order valence-corrected chi connectivity index (χ1v) is 8.60. The number of nitrogens with one attached hydrogen (secondary N) is 1. The van der Waals surface area contributed by atoms with Gasteiger partial charge in [0, 0.05) is 24.9 Å². The summed E-state index contributed by atoms with van der Waals surface area (Å²) in [5.41, 5.74) is 3.31. The fraction of sp³-hybridized carbons (Fsp3) is 0.238. The van der Waals surface area contributed by atoms with Gasteiger partial charge in [-0.05, 0) is 17.5 Å². The molecule has 126 valence electrons. The third-order valence-corrected chi connectivity index (χ3v) is 5.01. The molecular weight excluding hydrogens is 312 g/mol. The molecule has 2 N–H and O–H groups in total. The number of hydrogen-bond acceptors (Lipinski definition) is 3. The van der Waals surface area contributed by atoms with Crippen molar-refractivity contribution in [3.05, 3.63) is 82.6 Å². The Kier molecular flexibility index (Phi) is 3.88. The van der Waals surface area contributed by atoms with Gasteiger partial charge >= 0.3 is 0 Å².